The normalized spacial score (nSPS) is 29.6. The minimum atomic E-state index is -0.330. The van der Waals surface area contributed by atoms with Gasteiger partial charge in [0.1, 0.15) is 5.82 Å². The van der Waals surface area contributed by atoms with E-state index in [1.165, 1.54) is 18.9 Å². The molecule has 0 aliphatic heterocycles. The van der Waals surface area contributed by atoms with Crippen LogP contribution in [0.5, 0.6) is 0 Å². The maximum absolute atomic E-state index is 13.0. The van der Waals surface area contributed by atoms with Crippen LogP contribution in [0.4, 0.5) is 4.39 Å². The van der Waals surface area contributed by atoms with Gasteiger partial charge in [-0.05, 0) is 48.8 Å². The zero-order chi connectivity index (χ0) is 11.7. The number of alkyl halides is 1. The van der Waals surface area contributed by atoms with Crippen LogP contribution in [-0.4, -0.2) is 4.83 Å². The zero-order valence-electron chi connectivity index (χ0n) is 9.22. The van der Waals surface area contributed by atoms with Gasteiger partial charge in [-0.2, -0.15) is 0 Å². The van der Waals surface area contributed by atoms with Crippen molar-refractivity contribution in [1.82, 2.24) is 0 Å². The molecule has 3 atom stereocenters. The summed E-state index contributed by atoms with van der Waals surface area (Å²) in [5, 5.41) is 0.235. The van der Waals surface area contributed by atoms with Crippen LogP contribution >= 0.6 is 27.5 Å². The molecule has 1 aliphatic carbocycles. The van der Waals surface area contributed by atoms with Gasteiger partial charge in [0, 0.05) is 4.83 Å². The van der Waals surface area contributed by atoms with Crippen molar-refractivity contribution in [3.05, 3.63) is 34.6 Å². The summed E-state index contributed by atoms with van der Waals surface area (Å²) in [5.74, 6) is 1.04. The van der Waals surface area contributed by atoms with Crippen molar-refractivity contribution in [2.45, 2.75) is 31.0 Å². The summed E-state index contributed by atoms with van der Waals surface area (Å²) >= 11 is 9.48. The molecule has 0 radical (unpaired) electrons. The molecule has 0 spiro atoms. The molecule has 3 heteroatoms. The van der Waals surface area contributed by atoms with Crippen molar-refractivity contribution in [2.75, 3.05) is 0 Å². The van der Waals surface area contributed by atoms with Crippen LogP contribution in [-0.2, 0) is 6.42 Å². The Morgan fingerprint density at radius 3 is 2.75 bits per heavy atom. The Bertz CT molecular complexity index is 380. The molecule has 88 valence electrons. The first-order valence-electron chi connectivity index (χ1n) is 5.66. The van der Waals surface area contributed by atoms with Gasteiger partial charge in [0.15, 0.2) is 0 Å². The van der Waals surface area contributed by atoms with Gasteiger partial charge in [0.2, 0.25) is 0 Å². The maximum Gasteiger partial charge on any atom is 0.141 e. The number of benzene rings is 1. The fraction of sp³-hybridized carbons (Fsp3) is 0.538. The van der Waals surface area contributed by atoms with Gasteiger partial charge >= 0.3 is 0 Å². The summed E-state index contributed by atoms with van der Waals surface area (Å²) in [7, 11) is 0. The van der Waals surface area contributed by atoms with Gasteiger partial charge in [0.25, 0.3) is 0 Å². The standard InChI is InChI=1S/C13H15BrClF/c1-8-10(3-4-11(8)14)6-9-2-5-13(16)12(15)7-9/h2,5,7-8,10-11H,3-4,6H2,1H3. The molecule has 1 aliphatic rings. The molecular formula is C13H15BrClF. The third-order valence-electron chi connectivity index (χ3n) is 3.61. The highest BCUT2D eigenvalue weighted by Crippen LogP contribution is 2.38. The van der Waals surface area contributed by atoms with Gasteiger partial charge < -0.3 is 0 Å². The molecule has 16 heavy (non-hydrogen) atoms. The highest BCUT2D eigenvalue weighted by Gasteiger charge is 2.30. The smallest absolute Gasteiger partial charge is 0.141 e. The number of hydrogen-bond donors (Lipinski definition) is 0. The first kappa shape index (κ1) is 12.4. The third kappa shape index (κ3) is 2.60. The summed E-state index contributed by atoms with van der Waals surface area (Å²) in [4.78, 5) is 0.633. The number of halogens is 3. The van der Waals surface area contributed by atoms with Crippen LogP contribution in [0.1, 0.15) is 25.3 Å². The Hall–Kier alpha value is -0.0800. The molecule has 3 unspecified atom stereocenters. The molecule has 0 heterocycles. The van der Waals surface area contributed by atoms with Crippen LogP contribution in [0.25, 0.3) is 0 Å². The van der Waals surface area contributed by atoms with Crippen molar-refractivity contribution >= 4 is 27.5 Å². The summed E-state index contributed by atoms with van der Waals surface area (Å²) < 4.78 is 13.0. The lowest BCUT2D eigenvalue weighted by molar-refractivity contribution is 0.423. The monoisotopic (exact) mass is 304 g/mol. The topological polar surface area (TPSA) is 0 Å². The number of rotatable bonds is 2. The Kier molecular flexibility index (Phi) is 3.91. The number of hydrogen-bond acceptors (Lipinski definition) is 0. The molecular weight excluding hydrogens is 290 g/mol. The molecule has 1 aromatic rings. The predicted octanol–water partition coefficient (Wildman–Crippen LogP) is 4.83. The molecule has 0 aromatic heterocycles. The van der Waals surface area contributed by atoms with E-state index in [0.717, 1.165) is 12.0 Å². The Balaban J connectivity index is 2.07. The van der Waals surface area contributed by atoms with Crippen molar-refractivity contribution in [3.63, 3.8) is 0 Å². The maximum atomic E-state index is 13.0. The van der Waals surface area contributed by atoms with E-state index >= 15 is 0 Å². The third-order valence-corrected chi connectivity index (χ3v) is 5.19. The fourth-order valence-corrected chi connectivity index (χ4v) is 3.35. The summed E-state index contributed by atoms with van der Waals surface area (Å²) in [5.41, 5.74) is 1.14. The Morgan fingerprint density at radius 2 is 2.19 bits per heavy atom. The van der Waals surface area contributed by atoms with Gasteiger partial charge in [-0.1, -0.05) is 40.5 Å². The lowest BCUT2D eigenvalue weighted by Gasteiger charge is -2.17. The van der Waals surface area contributed by atoms with E-state index < -0.39 is 0 Å². The largest absolute Gasteiger partial charge is 0.205 e. The molecule has 0 saturated heterocycles. The van der Waals surface area contributed by atoms with Crippen molar-refractivity contribution in [2.24, 2.45) is 11.8 Å². The predicted molar refractivity (Wildman–Crippen MR) is 69.7 cm³/mol. The summed E-state index contributed by atoms with van der Waals surface area (Å²) in [6.07, 6.45) is 3.48. The molecule has 0 amide bonds. The van der Waals surface area contributed by atoms with Gasteiger partial charge in [-0.15, -0.1) is 0 Å². The summed E-state index contributed by atoms with van der Waals surface area (Å²) in [6, 6.07) is 5.06. The molecule has 1 aromatic carbocycles. The lowest BCUT2D eigenvalue weighted by atomic mass is 9.91. The van der Waals surface area contributed by atoms with Crippen LogP contribution in [0, 0.1) is 17.7 Å². The van der Waals surface area contributed by atoms with Crippen LogP contribution in [0.2, 0.25) is 5.02 Å². The van der Waals surface area contributed by atoms with E-state index in [4.69, 9.17) is 11.6 Å². The first-order valence-corrected chi connectivity index (χ1v) is 6.95. The van der Waals surface area contributed by atoms with E-state index in [9.17, 15) is 4.39 Å². The van der Waals surface area contributed by atoms with Gasteiger partial charge in [-0.3, -0.25) is 0 Å². The van der Waals surface area contributed by atoms with Crippen molar-refractivity contribution in [3.8, 4) is 0 Å². The van der Waals surface area contributed by atoms with E-state index in [2.05, 4.69) is 22.9 Å². The van der Waals surface area contributed by atoms with E-state index in [-0.39, 0.29) is 10.8 Å². The molecule has 1 fully saturated rings. The fourth-order valence-electron chi connectivity index (χ4n) is 2.45. The van der Waals surface area contributed by atoms with E-state index in [0.29, 0.717) is 16.7 Å². The Morgan fingerprint density at radius 1 is 1.44 bits per heavy atom. The first-order chi connectivity index (χ1) is 7.58. The quantitative estimate of drug-likeness (QED) is 0.686. The second-order valence-electron chi connectivity index (χ2n) is 4.67. The van der Waals surface area contributed by atoms with Gasteiger partial charge in [0.05, 0.1) is 5.02 Å². The molecule has 1 saturated carbocycles. The van der Waals surface area contributed by atoms with Crippen LogP contribution in [0.3, 0.4) is 0 Å². The van der Waals surface area contributed by atoms with Crippen LogP contribution < -0.4 is 0 Å². The SMILES string of the molecule is CC1C(Br)CCC1Cc1ccc(F)c(Cl)c1. The highest BCUT2D eigenvalue weighted by molar-refractivity contribution is 9.09. The average Bonchev–Trinajstić information content (AvgIpc) is 2.55. The minimum absolute atomic E-state index is 0.235. The molecule has 0 nitrogen and oxygen atoms in total. The lowest BCUT2D eigenvalue weighted by Crippen LogP contribution is -2.12. The minimum Gasteiger partial charge on any atom is -0.205 e. The second kappa shape index (κ2) is 5.05. The Labute approximate surface area is 109 Å². The van der Waals surface area contributed by atoms with Crippen molar-refractivity contribution < 1.29 is 4.39 Å². The summed E-state index contributed by atoms with van der Waals surface area (Å²) in [6.45, 7) is 2.28. The molecule has 0 N–H and O–H groups in total. The molecule has 0 bridgehead atoms. The van der Waals surface area contributed by atoms with Crippen LogP contribution in [0.15, 0.2) is 18.2 Å². The molecule has 2 rings (SSSR count). The van der Waals surface area contributed by atoms with Crippen molar-refractivity contribution in [1.29, 1.82) is 0 Å². The second-order valence-corrected chi connectivity index (χ2v) is 6.25. The zero-order valence-corrected chi connectivity index (χ0v) is 11.6. The highest BCUT2D eigenvalue weighted by atomic mass is 79.9. The van der Waals surface area contributed by atoms with E-state index in [1.807, 2.05) is 6.07 Å². The average molecular weight is 306 g/mol. The van der Waals surface area contributed by atoms with E-state index in [1.54, 1.807) is 6.07 Å². The van der Waals surface area contributed by atoms with Gasteiger partial charge in [-0.25, -0.2) is 4.39 Å².